The van der Waals surface area contributed by atoms with Crippen LogP contribution in [0.25, 0.3) is 5.82 Å². The van der Waals surface area contributed by atoms with E-state index in [-0.39, 0.29) is 10.8 Å². The predicted octanol–water partition coefficient (Wildman–Crippen LogP) is 2.61. The summed E-state index contributed by atoms with van der Waals surface area (Å²) in [7, 11) is 0. The molecule has 0 fully saturated rings. The molecule has 0 aliphatic rings. The lowest BCUT2D eigenvalue weighted by Gasteiger charge is -2.11. The summed E-state index contributed by atoms with van der Waals surface area (Å²) in [5.41, 5.74) is -1.30. The first-order valence-electron chi connectivity index (χ1n) is 7.39. The van der Waals surface area contributed by atoms with E-state index >= 15 is 0 Å². The summed E-state index contributed by atoms with van der Waals surface area (Å²) in [5, 5.41) is 10.8. The van der Waals surface area contributed by atoms with Crippen LogP contribution < -0.4 is 10.9 Å². The van der Waals surface area contributed by atoms with Crippen LogP contribution in [-0.2, 0) is 12.7 Å². The molecule has 7 nitrogen and oxygen atoms in total. The molecule has 26 heavy (non-hydrogen) atoms. The van der Waals surface area contributed by atoms with Gasteiger partial charge in [0.15, 0.2) is 5.82 Å². The van der Waals surface area contributed by atoms with Gasteiger partial charge in [0.2, 0.25) is 0 Å². The quantitative estimate of drug-likeness (QED) is 0.731. The molecule has 0 aliphatic heterocycles. The van der Waals surface area contributed by atoms with Crippen molar-refractivity contribution in [3.8, 4) is 5.82 Å². The summed E-state index contributed by atoms with van der Waals surface area (Å²) >= 11 is 6.05. The van der Waals surface area contributed by atoms with E-state index in [2.05, 4.69) is 20.5 Å². The van der Waals surface area contributed by atoms with Crippen molar-refractivity contribution in [2.24, 2.45) is 0 Å². The van der Waals surface area contributed by atoms with Crippen LogP contribution in [0.3, 0.4) is 0 Å². The maximum atomic E-state index is 12.6. The first-order valence-corrected chi connectivity index (χ1v) is 7.77. The standard InChI is InChI=1S/C15H12ClF3N6O/c16-13-11(20-5-7-24-6-1-4-22-24)9-23-25(14(13)26)12-3-2-10(8-21-12)15(17,18)19/h1-4,6,8-9,20H,5,7H2. The molecule has 136 valence electrons. The first kappa shape index (κ1) is 17.9. The molecule has 3 aromatic rings. The van der Waals surface area contributed by atoms with E-state index < -0.39 is 17.3 Å². The van der Waals surface area contributed by atoms with Crippen LogP contribution in [0.5, 0.6) is 0 Å². The van der Waals surface area contributed by atoms with E-state index in [1.807, 2.05) is 0 Å². The van der Waals surface area contributed by atoms with Crippen LogP contribution >= 0.6 is 11.6 Å². The molecular formula is C15H12ClF3N6O. The van der Waals surface area contributed by atoms with E-state index in [9.17, 15) is 18.0 Å². The first-order chi connectivity index (χ1) is 12.4. The number of nitrogens with zero attached hydrogens (tertiary/aromatic N) is 5. The van der Waals surface area contributed by atoms with Gasteiger partial charge in [-0.05, 0) is 18.2 Å². The van der Waals surface area contributed by atoms with E-state index in [4.69, 9.17) is 11.6 Å². The van der Waals surface area contributed by atoms with Crippen molar-refractivity contribution in [2.45, 2.75) is 12.7 Å². The van der Waals surface area contributed by atoms with Crippen LogP contribution in [0.2, 0.25) is 5.02 Å². The van der Waals surface area contributed by atoms with Gasteiger partial charge in [-0.3, -0.25) is 9.48 Å². The van der Waals surface area contributed by atoms with E-state index in [0.29, 0.717) is 25.0 Å². The second kappa shape index (κ2) is 7.16. The second-order valence-corrected chi connectivity index (χ2v) is 5.57. The summed E-state index contributed by atoms with van der Waals surface area (Å²) in [6.07, 6.45) is 0.867. The highest BCUT2D eigenvalue weighted by molar-refractivity contribution is 6.32. The lowest BCUT2D eigenvalue weighted by Crippen LogP contribution is -2.24. The van der Waals surface area contributed by atoms with E-state index in [1.165, 1.54) is 6.20 Å². The van der Waals surface area contributed by atoms with Crippen LogP contribution in [0.1, 0.15) is 5.56 Å². The number of nitrogens with one attached hydrogen (secondary N) is 1. The van der Waals surface area contributed by atoms with Gasteiger partial charge in [0.05, 0.1) is 24.0 Å². The Labute approximate surface area is 150 Å². The Morgan fingerprint density at radius 2 is 2.00 bits per heavy atom. The molecule has 0 saturated carbocycles. The molecule has 3 aromatic heterocycles. The summed E-state index contributed by atoms with van der Waals surface area (Å²) in [6.45, 7) is 0.998. The lowest BCUT2D eigenvalue weighted by atomic mass is 10.3. The molecule has 0 bridgehead atoms. The Morgan fingerprint density at radius 1 is 1.19 bits per heavy atom. The Bertz CT molecular complexity index is 938. The monoisotopic (exact) mass is 384 g/mol. The van der Waals surface area contributed by atoms with Gasteiger partial charge in [-0.1, -0.05) is 11.6 Å². The molecular weight excluding hydrogens is 373 g/mol. The minimum absolute atomic E-state index is 0.0620. The highest BCUT2D eigenvalue weighted by Crippen LogP contribution is 2.28. The van der Waals surface area contributed by atoms with E-state index in [0.717, 1.165) is 16.8 Å². The maximum absolute atomic E-state index is 12.6. The second-order valence-electron chi connectivity index (χ2n) is 5.19. The van der Waals surface area contributed by atoms with Gasteiger partial charge >= 0.3 is 6.18 Å². The number of halogens is 4. The number of hydrogen-bond donors (Lipinski definition) is 1. The fourth-order valence-electron chi connectivity index (χ4n) is 2.14. The molecule has 0 saturated heterocycles. The molecule has 0 atom stereocenters. The highest BCUT2D eigenvalue weighted by Gasteiger charge is 2.30. The summed E-state index contributed by atoms with van der Waals surface area (Å²) in [6, 6.07) is 3.66. The summed E-state index contributed by atoms with van der Waals surface area (Å²) in [5.74, 6) is -0.0620. The van der Waals surface area contributed by atoms with Crippen LogP contribution in [0.4, 0.5) is 18.9 Å². The highest BCUT2D eigenvalue weighted by atomic mass is 35.5. The Kier molecular flexibility index (Phi) is 4.94. The minimum Gasteiger partial charge on any atom is -0.381 e. The van der Waals surface area contributed by atoms with Gasteiger partial charge in [0.1, 0.15) is 5.02 Å². The number of alkyl halides is 3. The number of hydrogen-bond acceptors (Lipinski definition) is 5. The SMILES string of the molecule is O=c1c(Cl)c(NCCn2cccn2)cnn1-c1ccc(C(F)(F)F)cn1. The van der Waals surface area contributed by atoms with Crippen LogP contribution in [0, 0.1) is 0 Å². The Morgan fingerprint density at radius 3 is 2.62 bits per heavy atom. The van der Waals surface area contributed by atoms with Gasteiger partial charge in [-0.2, -0.15) is 28.1 Å². The number of rotatable bonds is 5. The third-order valence-corrected chi connectivity index (χ3v) is 3.79. The zero-order valence-corrected chi connectivity index (χ0v) is 13.9. The summed E-state index contributed by atoms with van der Waals surface area (Å²) < 4.78 is 40.3. The van der Waals surface area contributed by atoms with Gasteiger partial charge in [0.25, 0.3) is 5.56 Å². The number of aromatic nitrogens is 5. The van der Waals surface area contributed by atoms with Gasteiger partial charge in [-0.25, -0.2) is 4.98 Å². The smallest absolute Gasteiger partial charge is 0.381 e. The van der Waals surface area contributed by atoms with E-state index in [1.54, 1.807) is 23.1 Å². The lowest BCUT2D eigenvalue weighted by molar-refractivity contribution is -0.137. The molecule has 11 heteroatoms. The molecule has 0 spiro atoms. The van der Waals surface area contributed by atoms with Crippen LogP contribution in [-0.4, -0.2) is 31.1 Å². The average Bonchev–Trinajstić information content (AvgIpc) is 3.12. The van der Waals surface area contributed by atoms with Crippen molar-refractivity contribution in [3.05, 3.63) is 63.9 Å². The molecule has 0 amide bonds. The van der Waals surface area contributed by atoms with Gasteiger partial charge in [-0.15, -0.1) is 0 Å². The van der Waals surface area contributed by atoms with Crippen molar-refractivity contribution >= 4 is 17.3 Å². The van der Waals surface area contributed by atoms with Crippen LogP contribution in [0.15, 0.2) is 47.8 Å². The van der Waals surface area contributed by atoms with Crippen molar-refractivity contribution in [1.29, 1.82) is 0 Å². The third-order valence-electron chi connectivity index (χ3n) is 3.43. The van der Waals surface area contributed by atoms with Crippen molar-refractivity contribution in [1.82, 2.24) is 24.5 Å². The van der Waals surface area contributed by atoms with Gasteiger partial charge in [0, 0.05) is 25.1 Å². The molecule has 0 radical (unpaired) electrons. The summed E-state index contributed by atoms with van der Waals surface area (Å²) in [4.78, 5) is 15.9. The number of anilines is 1. The maximum Gasteiger partial charge on any atom is 0.417 e. The van der Waals surface area contributed by atoms with Gasteiger partial charge < -0.3 is 5.32 Å². The molecule has 0 aliphatic carbocycles. The molecule has 3 rings (SSSR count). The molecule has 0 unspecified atom stereocenters. The van der Waals surface area contributed by atoms with Crippen molar-refractivity contribution in [3.63, 3.8) is 0 Å². The average molecular weight is 385 g/mol. The van der Waals surface area contributed by atoms with Crippen molar-refractivity contribution < 1.29 is 13.2 Å². The fourth-order valence-corrected chi connectivity index (χ4v) is 2.33. The normalized spacial score (nSPS) is 11.5. The molecule has 0 aromatic carbocycles. The third kappa shape index (κ3) is 3.85. The topological polar surface area (TPSA) is 77.6 Å². The fraction of sp³-hybridized carbons (Fsp3) is 0.200. The zero-order valence-electron chi connectivity index (χ0n) is 13.1. The molecule has 3 heterocycles. The number of pyridine rings is 1. The minimum atomic E-state index is -4.51. The molecule has 1 N–H and O–H groups in total. The zero-order chi connectivity index (χ0) is 18.7. The Hall–Kier alpha value is -2.88. The largest absolute Gasteiger partial charge is 0.417 e. The van der Waals surface area contributed by atoms with Crippen molar-refractivity contribution in [2.75, 3.05) is 11.9 Å². The predicted molar refractivity (Wildman–Crippen MR) is 88.4 cm³/mol. The Balaban J connectivity index is 1.77.